The average molecular weight is 337 g/mol. The molecule has 0 aliphatic heterocycles. The molecule has 0 saturated heterocycles. The Bertz CT molecular complexity index is 634. The van der Waals surface area contributed by atoms with Gasteiger partial charge in [-0.25, -0.2) is 9.78 Å². The second kappa shape index (κ2) is 6.25. The van der Waals surface area contributed by atoms with Crippen molar-refractivity contribution in [1.82, 2.24) is 4.98 Å². The minimum absolute atomic E-state index is 0.389. The number of carbonyl (C=O) groups excluding carboxylic acids is 1. The summed E-state index contributed by atoms with van der Waals surface area (Å²) in [5, 5.41) is 5.30. The van der Waals surface area contributed by atoms with Gasteiger partial charge >= 0.3 is 6.03 Å². The van der Waals surface area contributed by atoms with Gasteiger partial charge in [0.05, 0.1) is 23.5 Å². The fourth-order valence-corrected chi connectivity index (χ4v) is 1.98. The Morgan fingerprint density at radius 1 is 1.35 bits per heavy atom. The molecule has 0 bridgehead atoms. The number of ether oxygens (including phenoxy) is 1. The molecule has 1 aromatic heterocycles. The number of aromatic nitrogens is 1. The summed E-state index contributed by atoms with van der Waals surface area (Å²) in [5.74, 6) is 1.05. The number of hydrogen-bond acceptors (Lipinski definition) is 4. The van der Waals surface area contributed by atoms with E-state index in [1.54, 1.807) is 37.4 Å². The van der Waals surface area contributed by atoms with Gasteiger partial charge in [0.1, 0.15) is 11.6 Å². The molecule has 6 nitrogen and oxygen atoms in total. The summed E-state index contributed by atoms with van der Waals surface area (Å²) < 4.78 is 5.69. The lowest BCUT2D eigenvalue weighted by Gasteiger charge is -2.09. The number of carbonyl (C=O) groups is 1. The van der Waals surface area contributed by atoms with Crippen LogP contribution in [0.5, 0.6) is 5.75 Å². The molecule has 20 heavy (non-hydrogen) atoms. The summed E-state index contributed by atoms with van der Waals surface area (Å²) in [6.45, 7) is 0. The van der Waals surface area contributed by atoms with Crippen molar-refractivity contribution in [3.8, 4) is 5.75 Å². The van der Waals surface area contributed by atoms with Gasteiger partial charge in [0.25, 0.3) is 0 Å². The molecule has 0 saturated carbocycles. The molecular weight excluding hydrogens is 324 g/mol. The van der Waals surface area contributed by atoms with Gasteiger partial charge in [-0.2, -0.15) is 0 Å². The molecule has 2 aromatic rings. The number of benzene rings is 1. The van der Waals surface area contributed by atoms with Crippen molar-refractivity contribution < 1.29 is 9.53 Å². The molecule has 7 heteroatoms. The van der Waals surface area contributed by atoms with Crippen molar-refractivity contribution in [3.63, 3.8) is 0 Å². The highest BCUT2D eigenvalue weighted by Crippen LogP contribution is 2.22. The number of hydrogen-bond donors (Lipinski definition) is 3. The molecule has 4 N–H and O–H groups in total. The third-order valence-electron chi connectivity index (χ3n) is 2.42. The van der Waals surface area contributed by atoms with Crippen LogP contribution in [0.3, 0.4) is 0 Å². The van der Waals surface area contributed by atoms with E-state index in [9.17, 15) is 4.79 Å². The molecular formula is C13H13BrN4O2. The molecule has 0 aliphatic rings. The fraction of sp³-hybridized carbons (Fsp3) is 0.0769. The lowest BCUT2D eigenvalue weighted by atomic mass is 10.3. The van der Waals surface area contributed by atoms with Crippen LogP contribution in [0.25, 0.3) is 0 Å². The third-order valence-corrected chi connectivity index (χ3v) is 3.03. The van der Waals surface area contributed by atoms with Gasteiger partial charge in [0, 0.05) is 11.8 Å². The van der Waals surface area contributed by atoms with Crippen LogP contribution < -0.4 is 21.1 Å². The van der Waals surface area contributed by atoms with E-state index in [1.807, 2.05) is 0 Å². The highest BCUT2D eigenvalue weighted by molar-refractivity contribution is 9.10. The maximum Gasteiger partial charge on any atom is 0.324 e. The Morgan fingerprint density at radius 3 is 2.85 bits per heavy atom. The third kappa shape index (κ3) is 3.61. The minimum Gasteiger partial charge on any atom is -0.497 e. The molecule has 0 unspecified atom stereocenters. The van der Waals surface area contributed by atoms with Gasteiger partial charge in [-0.1, -0.05) is 6.07 Å². The number of rotatable bonds is 3. The minimum atomic E-state index is -0.406. The second-order valence-electron chi connectivity index (χ2n) is 3.91. The van der Waals surface area contributed by atoms with Crippen molar-refractivity contribution >= 4 is 39.2 Å². The predicted octanol–water partition coefficient (Wildman–Crippen LogP) is 3.08. The van der Waals surface area contributed by atoms with Crippen LogP contribution in [0, 0.1) is 0 Å². The van der Waals surface area contributed by atoms with Crippen molar-refractivity contribution in [2.24, 2.45) is 0 Å². The quantitative estimate of drug-likeness (QED) is 0.803. The topological polar surface area (TPSA) is 89.3 Å². The summed E-state index contributed by atoms with van der Waals surface area (Å²) in [6, 6.07) is 8.30. The first-order valence-electron chi connectivity index (χ1n) is 5.71. The Morgan fingerprint density at radius 2 is 2.15 bits per heavy atom. The monoisotopic (exact) mass is 336 g/mol. The van der Waals surface area contributed by atoms with E-state index in [0.29, 0.717) is 27.4 Å². The fourth-order valence-electron chi connectivity index (χ4n) is 1.52. The van der Waals surface area contributed by atoms with Gasteiger partial charge < -0.3 is 15.8 Å². The zero-order chi connectivity index (χ0) is 14.5. The number of anilines is 3. The summed E-state index contributed by atoms with van der Waals surface area (Å²) in [5.41, 5.74) is 6.71. The van der Waals surface area contributed by atoms with Gasteiger partial charge in [-0.3, -0.25) is 5.32 Å². The number of nitrogens with one attached hydrogen (secondary N) is 2. The largest absolute Gasteiger partial charge is 0.497 e. The second-order valence-corrected chi connectivity index (χ2v) is 4.76. The molecule has 0 radical (unpaired) electrons. The van der Waals surface area contributed by atoms with Gasteiger partial charge in [-0.15, -0.1) is 0 Å². The summed E-state index contributed by atoms with van der Waals surface area (Å²) in [6.07, 6.45) is 1.46. The standard InChI is InChI=1S/C13H13BrN4O2/c1-20-10-4-2-3-9(6-10)17-13(19)18-12-11(14)5-8(15)7-16-12/h2-7H,15H2,1H3,(H2,16,17,18,19). The average Bonchev–Trinajstić information content (AvgIpc) is 2.42. The number of nitrogens with two attached hydrogens (primary N) is 1. The first kappa shape index (κ1) is 14.1. The van der Waals surface area contributed by atoms with E-state index in [-0.39, 0.29) is 0 Å². The molecule has 0 fully saturated rings. The molecule has 1 heterocycles. The predicted molar refractivity (Wildman–Crippen MR) is 82.0 cm³/mol. The normalized spacial score (nSPS) is 9.90. The van der Waals surface area contributed by atoms with Crippen LogP contribution >= 0.6 is 15.9 Å². The number of pyridine rings is 1. The van der Waals surface area contributed by atoms with Crippen molar-refractivity contribution in [1.29, 1.82) is 0 Å². The first-order chi connectivity index (χ1) is 9.58. The maximum absolute atomic E-state index is 11.9. The number of nitrogen functional groups attached to an aromatic ring is 1. The SMILES string of the molecule is COc1cccc(NC(=O)Nc2ncc(N)cc2Br)c1. The van der Waals surface area contributed by atoms with Crippen LogP contribution in [-0.4, -0.2) is 18.1 Å². The Labute approximate surface area is 124 Å². The lowest BCUT2D eigenvalue weighted by molar-refractivity contribution is 0.262. The highest BCUT2D eigenvalue weighted by atomic mass is 79.9. The van der Waals surface area contributed by atoms with E-state index < -0.39 is 6.03 Å². The Hall–Kier alpha value is -2.28. The number of amides is 2. The first-order valence-corrected chi connectivity index (χ1v) is 6.51. The van der Waals surface area contributed by atoms with Crippen LogP contribution in [0.1, 0.15) is 0 Å². The zero-order valence-corrected chi connectivity index (χ0v) is 12.3. The molecule has 104 valence electrons. The van der Waals surface area contributed by atoms with Crippen LogP contribution in [0.15, 0.2) is 41.0 Å². The van der Waals surface area contributed by atoms with Crippen molar-refractivity contribution in [2.75, 3.05) is 23.5 Å². The molecule has 2 amide bonds. The van der Waals surface area contributed by atoms with E-state index in [0.717, 1.165) is 0 Å². The van der Waals surface area contributed by atoms with Crippen molar-refractivity contribution in [2.45, 2.75) is 0 Å². The number of nitrogens with zero attached hydrogens (tertiary/aromatic N) is 1. The maximum atomic E-state index is 11.9. The number of halogens is 1. The van der Waals surface area contributed by atoms with Gasteiger partial charge in [-0.05, 0) is 34.1 Å². The van der Waals surface area contributed by atoms with Crippen LogP contribution in [0.2, 0.25) is 0 Å². The summed E-state index contributed by atoms with van der Waals surface area (Å²) in [4.78, 5) is 15.9. The molecule has 0 atom stereocenters. The summed E-state index contributed by atoms with van der Waals surface area (Å²) in [7, 11) is 1.56. The van der Waals surface area contributed by atoms with Gasteiger partial charge in [0.2, 0.25) is 0 Å². The lowest BCUT2D eigenvalue weighted by Crippen LogP contribution is -2.20. The van der Waals surface area contributed by atoms with Crippen molar-refractivity contribution in [3.05, 3.63) is 41.0 Å². The number of urea groups is 1. The van der Waals surface area contributed by atoms with Crippen LogP contribution in [0.4, 0.5) is 22.0 Å². The van der Waals surface area contributed by atoms with E-state index in [4.69, 9.17) is 10.5 Å². The number of methoxy groups -OCH3 is 1. The molecule has 2 rings (SSSR count). The van der Waals surface area contributed by atoms with E-state index >= 15 is 0 Å². The zero-order valence-electron chi connectivity index (χ0n) is 10.7. The van der Waals surface area contributed by atoms with Gasteiger partial charge in [0.15, 0.2) is 0 Å². The van der Waals surface area contributed by atoms with E-state index in [1.165, 1.54) is 6.20 Å². The Kier molecular flexibility index (Phi) is 4.41. The summed E-state index contributed by atoms with van der Waals surface area (Å²) >= 11 is 3.28. The molecule has 0 spiro atoms. The van der Waals surface area contributed by atoms with Crippen LogP contribution in [-0.2, 0) is 0 Å². The molecule has 0 aliphatic carbocycles. The Balaban J connectivity index is 2.05. The smallest absolute Gasteiger partial charge is 0.324 e. The molecule has 1 aromatic carbocycles. The van der Waals surface area contributed by atoms with E-state index in [2.05, 4.69) is 31.5 Å². The highest BCUT2D eigenvalue weighted by Gasteiger charge is 2.07.